The molecule has 0 radical (unpaired) electrons. The molecule has 170 valence electrons. The van der Waals surface area contributed by atoms with Gasteiger partial charge in [0.15, 0.2) is 6.10 Å². The Hall–Kier alpha value is -2.72. The van der Waals surface area contributed by atoms with Crippen molar-refractivity contribution in [3.05, 3.63) is 40.7 Å². The summed E-state index contributed by atoms with van der Waals surface area (Å²) < 4.78 is 33.8. The molecular weight excluding hydrogens is 420 g/mol. The number of ether oxygens (including phenoxy) is 1. The average Bonchev–Trinajstić information content (AvgIpc) is 2.94. The number of rotatable bonds is 8. The third kappa shape index (κ3) is 5.13. The van der Waals surface area contributed by atoms with Gasteiger partial charge in [-0.05, 0) is 45.4 Å². The van der Waals surface area contributed by atoms with E-state index < -0.39 is 28.0 Å². The van der Waals surface area contributed by atoms with Crippen LogP contribution in [-0.2, 0) is 26.6 Å². The number of nitrogens with one attached hydrogen (secondary N) is 1. The fraction of sp³-hybridized carbons (Fsp3) is 0.476. The Bertz CT molecular complexity index is 1090. The molecule has 1 atom stereocenters. The van der Waals surface area contributed by atoms with Crippen LogP contribution in [0, 0.1) is 20.8 Å². The summed E-state index contributed by atoms with van der Waals surface area (Å²) in [7, 11) is -1.96. The molecule has 1 heterocycles. The molecule has 0 spiro atoms. The number of nitrogens with zero attached hydrogens (tertiary/aromatic N) is 3. The molecule has 9 nitrogen and oxygen atoms in total. The van der Waals surface area contributed by atoms with Crippen molar-refractivity contribution in [3.63, 3.8) is 0 Å². The van der Waals surface area contributed by atoms with E-state index >= 15 is 0 Å². The molecule has 0 saturated heterocycles. The van der Waals surface area contributed by atoms with Crippen LogP contribution < -0.4 is 5.32 Å². The average molecular weight is 451 g/mol. The van der Waals surface area contributed by atoms with Crippen molar-refractivity contribution in [1.29, 1.82) is 0 Å². The number of hydrogen-bond acceptors (Lipinski definition) is 6. The molecular formula is C21H30N4O5S. The number of amides is 1. The number of hydrogen-bond donors (Lipinski definition) is 1. The second-order valence-corrected chi connectivity index (χ2v) is 9.21. The van der Waals surface area contributed by atoms with E-state index in [-0.39, 0.29) is 10.5 Å². The Labute approximate surface area is 183 Å². The van der Waals surface area contributed by atoms with Crippen LogP contribution in [0.2, 0.25) is 0 Å². The fourth-order valence-corrected chi connectivity index (χ4v) is 4.64. The van der Waals surface area contributed by atoms with Gasteiger partial charge in [-0.25, -0.2) is 13.2 Å². The summed E-state index contributed by atoms with van der Waals surface area (Å²) in [5.41, 5.74) is 2.64. The van der Waals surface area contributed by atoms with Crippen molar-refractivity contribution in [2.45, 2.75) is 52.5 Å². The second-order valence-electron chi connectivity index (χ2n) is 7.27. The van der Waals surface area contributed by atoms with Gasteiger partial charge in [-0.15, -0.1) is 0 Å². The molecule has 1 unspecified atom stereocenters. The number of esters is 1. The molecule has 0 aliphatic carbocycles. The molecule has 2 aromatic rings. The van der Waals surface area contributed by atoms with E-state index in [4.69, 9.17) is 4.74 Å². The summed E-state index contributed by atoms with van der Waals surface area (Å²) in [5.74, 6) is -1.27. The summed E-state index contributed by atoms with van der Waals surface area (Å²) in [6.07, 6.45) is -1.09. The maximum absolute atomic E-state index is 12.8. The topological polar surface area (TPSA) is 111 Å². The summed E-state index contributed by atoms with van der Waals surface area (Å²) in [6, 6.07) is 4.31. The zero-order chi connectivity index (χ0) is 23.5. The van der Waals surface area contributed by atoms with Crippen LogP contribution in [-0.4, -0.2) is 53.6 Å². The van der Waals surface area contributed by atoms with Gasteiger partial charge in [0.2, 0.25) is 10.0 Å². The molecule has 0 bridgehead atoms. The van der Waals surface area contributed by atoms with E-state index in [1.807, 2.05) is 6.92 Å². The highest BCUT2D eigenvalue weighted by atomic mass is 32.2. The van der Waals surface area contributed by atoms with Gasteiger partial charge in [0.1, 0.15) is 0 Å². The zero-order valence-electron chi connectivity index (χ0n) is 19.0. The number of carbonyl (C=O) groups excluding carboxylic acids is 2. The number of aromatic nitrogens is 2. The van der Waals surface area contributed by atoms with Crippen LogP contribution in [0.4, 0.5) is 5.69 Å². The smallest absolute Gasteiger partial charge is 0.339 e. The van der Waals surface area contributed by atoms with Crippen molar-refractivity contribution >= 4 is 27.6 Å². The summed E-state index contributed by atoms with van der Waals surface area (Å²) >= 11 is 0. The molecule has 31 heavy (non-hydrogen) atoms. The first kappa shape index (κ1) is 24.5. The standard InChI is InChI=1S/C21H30N4O5S/c1-8-25(9-2)31(28,29)17-11-10-13(3)18(12-17)21(27)30-16(6)20(26)22-19-14(4)23-24(7)15(19)5/h10-12,16H,8-9H2,1-7H3,(H,22,26). The van der Waals surface area contributed by atoms with Crippen LogP contribution in [0.15, 0.2) is 23.1 Å². The molecule has 1 N–H and O–H groups in total. The molecule has 1 aromatic carbocycles. The molecule has 10 heteroatoms. The van der Waals surface area contributed by atoms with Crippen LogP contribution in [0.5, 0.6) is 0 Å². The van der Waals surface area contributed by atoms with Crippen molar-refractivity contribution in [1.82, 2.24) is 14.1 Å². The van der Waals surface area contributed by atoms with Gasteiger partial charge in [0.25, 0.3) is 5.91 Å². The molecule has 0 aliphatic rings. The monoisotopic (exact) mass is 450 g/mol. The van der Waals surface area contributed by atoms with E-state index in [9.17, 15) is 18.0 Å². The van der Waals surface area contributed by atoms with E-state index in [1.165, 1.54) is 23.4 Å². The first-order chi connectivity index (χ1) is 14.4. The van der Waals surface area contributed by atoms with E-state index in [0.29, 0.717) is 30.0 Å². The molecule has 0 fully saturated rings. The lowest BCUT2D eigenvalue weighted by atomic mass is 10.1. The number of sulfonamides is 1. The highest BCUT2D eigenvalue weighted by molar-refractivity contribution is 7.89. The number of carbonyl (C=O) groups is 2. The van der Waals surface area contributed by atoms with Crippen LogP contribution in [0.1, 0.15) is 48.1 Å². The minimum Gasteiger partial charge on any atom is -0.449 e. The highest BCUT2D eigenvalue weighted by Gasteiger charge is 2.26. The van der Waals surface area contributed by atoms with Crippen molar-refractivity contribution in [3.8, 4) is 0 Å². The Kier molecular flexibility index (Phi) is 7.61. The van der Waals surface area contributed by atoms with Crippen molar-refractivity contribution < 1.29 is 22.7 Å². The van der Waals surface area contributed by atoms with Gasteiger partial charge in [-0.3, -0.25) is 9.48 Å². The predicted octanol–water partition coefficient (Wildman–Crippen LogP) is 2.56. The Balaban J connectivity index is 2.22. The summed E-state index contributed by atoms with van der Waals surface area (Å²) in [6.45, 7) is 10.8. The zero-order valence-corrected chi connectivity index (χ0v) is 19.8. The lowest BCUT2D eigenvalue weighted by Crippen LogP contribution is -2.31. The van der Waals surface area contributed by atoms with E-state index in [1.54, 1.807) is 45.5 Å². The maximum atomic E-state index is 12.8. The first-order valence-electron chi connectivity index (χ1n) is 10.1. The third-order valence-electron chi connectivity index (χ3n) is 5.18. The highest BCUT2D eigenvalue weighted by Crippen LogP contribution is 2.22. The lowest BCUT2D eigenvalue weighted by Gasteiger charge is -2.19. The SMILES string of the molecule is CCN(CC)S(=O)(=O)c1ccc(C)c(C(=O)OC(C)C(=O)Nc2c(C)nn(C)c2C)c1. The number of aryl methyl sites for hydroxylation is 3. The quantitative estimate of drug-likeness (QED) is 0.619. The molecule has 1 aromatic heterocycles. The maximum Gasteiger partial charge on any atom is 0.339 e. The molecule has 0 saturated carbocycles. The fourth-order valence-electron chi connectivity index (χ4n) is 3.15. The summed E-state index contributed by atoms with van der Waals surface area (Å²) in [5, 5.41) is 6.97. The van der Waals surface area contributed by atoms with Gasteiger partial charge in [0, 0.05) is 20.1 Å². The Morgan fingerprint density at radius 3 is 2.32 bits per heavy atom. The minimum atomic E-state index is -3.73. The molecule has 2 rings (SSSR count). The lowest BCUT2D eigenvalue weighted by molar-refractivity contribution is -0.123. The van der Waals surface area contributed by atoms with Gasteiger partial charge < -0.3 is 10.1 Å². The number of anilines is 1. The first-order valence-corrected chi connectivity index (χ1v) is 11.5. The third-order valence-corrected chi connectivity index (χ3v) is 7.23. The van der Waals surface area contributed by atoms with Gasteiger partial charge in [-0.1, -0.05) is 19.9 Å². The van der Waals surface area contributed by atoms with Crippen molar-refractivity contribution in [2.24, 2.45) is 7.05 Å². The van der Waals surface area contributed by atoms with E-state index in [2.05, 4.69) is 10.4 Å². The largest absolute Gasteiger partial charge is 0.449 e. The normalized spacial score (nSPS) is 12.6. The minimum absolute atomic E-state index is 0.00691. The molecule has 0 aliphatic heterocycles. The Morgan fingerprint density at radius 2 is 1.81 bits per heavy atom. The van der Waals surface area contributed by atoms with Crippen molar-refractivity contribution in [2.75, 3.05) is 18.4 Å². The van der Waals surface area contributed by atoms with E-state index in [0.717, 1.165) is 5.69 Å². The van der Waals surface area contributed by atoms with Crippen LogP contribution >= 0.6 is 0 Å². The molecule has 1 amide bonds. The van der Waals surface area contributed by atoms with Crippen LogP contribution in [0.25, 0.3) is 0 Å². The van der Waals surface area contributed by atoms with Gasteiger partial charge >= 0.3 is 5.97 Å². The van der Waals surface area contributed by atoms with Gasteiger partial charge in [0.05, 0.1) is 27.5 Å². The number of benzene rings is 1. The summed E-state index contributed by atoms with van der Waals surface area (Å²) in [4.78, 5) is 25.3. The van der Waals surface area contributed by atoms with Gasteiger partial charge in [-0.2, -0.15) is 9.40 Å². The van der Waals surface area contributed by atoms with Crippen LogP contribution in [0.3, 0.4) is 0 Å². The second kappa shape index (κ2) is 9.61. The Morgan fingerprint density at radius 1 is 1.19 bits per heavy atom. The predicted molar refractivity (Wildman–Crippen MR) is 117 cm³/mol.